The van der Waals surface area contributed by atoms with Crippen LogP contribution in [0, 0.1) is 5.92 Å². The summed E-state index contributed by atoms with van der Waals surface area (Å²) in [6.45, 7) is 4.53. The number of amides is 1. The topological polar surface area (TPSA) is 49.3 Å². The minimum absolute atomic E-state index is 0.00127. The molecule has 0 heterocycles. The number of rotatable bonds is 6. The Kier molecular flexibility index (Phi) is 11.6. The molecule has 1 atom stereocenters. The average Bonchev–Trinajstić information content (AvgIpc) is 2.42. The quantitative estimate of drug-likeness (QED) is 0.733. The Morgan fingerprint density at radius 3 is 2.50 bits per heavy atom. The van der Waals surface area contributed by atoms with Gasteiger partial charge >= 0.3 is 0 Å². The fraction of sp³-hybridized carbons (Fsp3) is 0.929. The summed E-state index contributed by atoms with van der Waals surface area (Å²) >= 11 is 5.35. The zero-order valence-electron chi connectivity index (χ0n) is 11.8. The molecule has 108 valence electrons. The average molecular weight is 278 g/mol. The Morgan fingerprint density at radius 1 is 1.33 bits per heavy atom. The highest BCUT2D eigenvalue weighted by Gasteiger charge is 2.17. The van der Waals surface area contributed by atoms with E-state index in [1.54, 1.807) is 0 Å². The molecule has 1 aliphatic rings. The molecule has 0 aromatic rings. The van der Waals surface area contributed by atoms with Crippen molar-refractivity contribution in [2.75, 3.05) is 12.4 Å². The van der Waals surface area contributed by atoms with Gasteiger partial charge in [0.1, 0.15) is 5.88 Å². The van der Waals surface area contributed by atoms with Gasteiger partial charge in [-0.15, -0.1) is 11.6 Å². The third-order valence-corrected chi connectivity index (χ3v) is 3.49. The lowest BCUT2D eigenvalue weighted by Crippen LogP contribution is -2.28. The van der Waals surface area contributed by atoms with E-state index >= 15 is 0 Å². The smallest absolute Gasteiger partial charge is 0.234 e. The first-order valence-electron chi connectivity index (χ1n) is 7.23. The molecule has 0 aromatic carbocycles. The highest BCUT2D eigenvalue weighted by atomic mass is 35.5. The van der Waals surface area contributed by atoms with Crippen molar-refractivity contribution in [2.45, 2.75) is 64.9 Å². The van der Waals surface area contributed by atoms with Crippen LogP contribution in [0.5, 0.6) is 0 Å². The Balaban J connectivity index is 0.00000137. The number of carbonyl (C=O) groups excluding carboxylic acids is 1. The summed E-state index contributed by atoms with van der Waals surface area (Å²) in [5.41, 5.74) is 0. The minimum atomic E-state index is -0.279. The van der Waals surface area contributed by atoms with Crippen LogP contribution in [-0.4, -0.2) is 29.5 Å². The first-order valence-corrected chi connectivity index (χ1v) is 7.76. The van der Waals surface area contributed by atoms with Crippen molar-refractivity contribution in [3.05, 3.63) is 0 Å². The van der Waals surface area contributed by atoms with E-state index in [0.29, 0.717) is 18.9 Å². The van der Waals surface area contributed by atoms with Gasteiger partial charge in [0.05, 0.1) is 6.10 Å². The maximum atomic E-state index is 10.9. The number of alkyl halides is 1. The number of hydrogen-bond acceptors (Lipinski definition) is 2. The fourth-order valence-corrected chi connectivity index (χ4v) is 2.45. The SMILES string of the molecule is CC.O=C(CCl)NCCC(O)CC1CCCCC1. The second-order valence-corrected chi connectivity index (χ2v) is 4.93. The lowest BCUT2D eigenvalue weighted by atomic mass is 9.85. The molecule has 0 radical (unpaired) electrons. The van der Waals surface area contributed by atoms with Crippen molar-refractivity contribution >= 4 is 17.5 Å². The monoisotopic (exact) mass is 277 g/mol. The molecule has 2 N–H and O–H groups in total. The predicted molar refractivity (Wildman–Crippen MR) is 76.9 cm³/mol. The van der Waals surface area contributed by atoms with Crippen LogP contribution in [0.3, 0.4) is 0 Å². The number of halogens is 1. The lowest BCUT2D eigenvalue weighted by Gasteiger charge is -2.23. The summed E-state index contributed by atoms with van der Waals surface area (Å²) in [6.07, 6.45) is 7.71. The van der Waals surface area contributed by atoms with E-state index in [1.165, 1.54) is 32.1 Å². The number of aliphatic hydroxyl groups is 1. The molecule has 1 rings (SSSR count). The van der Waals surface area contributed by atoms with Crippen LogP contribution in [0.1, 0.15) is 58.8 Å². The summed E-state index contributed by atoms with van der Waals surface area (Å²) in [5.74, 6) is 0.526. The molecule has 1 fully saturated rings. The summed E-state index contributed by atoms with van der Waals surface area (Å²) in [6, 6.07) is 0. The molecule has 0 aromatic heterocycles. The number of nitrogens with one attached hydrogen (secondary N) is 1. The molecule has 0 saturated heterocycles. The van der Waals surface area contributed by atoms with Crippen LogP contribution in [0.25, 0.3) is 0 Å². The van der Waals surface area contributed by atoms with Gasteiger partial charge in [-0.05, 0) is 18.8 Å². The summed E-state index contributed by atoms with van der Waals surface area (Å²) in [4.78, 5) is 10.9. The molecular weight excluding hydrogens is 250 g/mol. The lowest BCUT2D eigenvalue weighted by molar-refractivity contribution is -0.118. The fourth-order valence-electron chi connectivity index (χ4n) is 2.35. The largest absolute Gasteiger partial charge is 0.393 e. The normalized spacial score (nSPS) is 17.6. The first-order chi connectivity index (χ1) is 8.72. The van der Waals surface area contributed by atoms with Crippen LogP contribution in [-0.2, 0) is 4.79 Å². The zero-order valence-corrected chi connectivity index (χ0v) is 12.5. The number of carbonyl (C=O) groups is 1. The standard InChI is InChI=1S/C12H22ClNO2.C2H6/c13-9-12(16)14-7-6-11(15)8-10-4-2-1-3-5-10;1-2/h10-11,15H,1-9H2,(H,14,16);1-2H3. The Morgan fingerprint density at radius 2 is 1.94 bits per heavy atom. The van der Waals surface area contributed by atoms with Gasteiger partial charge in [0.2, 0.25) is 5.91 Å². The van der Waals surface area contributed by atoms with Gasteiger partial charge in [0, 0.05) is 6.54 Å². The summed E-state index contributed by atoms with van der Waals surface area (Å²) in [5, 5.41) is 12.5. The van der Waals surface area contributed by atoms with Crippen LogP contribution in [0.2, 0.25) is 0 Å². The van der Waals surface area contributed by atoms with Gasteiger partial charge in [-0.25, -0.2) is 0 Å². The zero-order chi connectivity index (χ0) is 13.8. The maximum Gasteiger partial charge on any atom is 0.234 e. The molecule has 4 heteroatoms. The van der Waals surface area contributed by atoms with Gasteiger partial charge in [-0.3, -0.25) is 4.79 Å². The molecule has 1 amide bonds. The summed E-state index contributed by atoms with van der Waals surface area (Å²) < 4.78 is 0. The van der Waals surface area contributed by atoms with E-state index in [2.05, 4.69) is 5.32 Å². The Hall–Kier alpha value is -0.280. The maximum absolute atomic E-state index is 10.9. The van der Waals surface area contributed by atoms with Crippen molar-refractivity contribution in [3.8, 4) is 0 Å². The van der Waals surface area contributed by atoms with E-state index < -0.39 is 0 Å². The Labute approximate surface area is 116 Å². The van der Waals surface area contributed by atoms with E-state index in [4.69, 9.17) is 11.6 Å². The van der Waals surface area contributed by atoms with Gasteiger partial charge in [-0.2, -0.15) is 0 Å². The predicted octanol–water partition coefficient (Wildman–Crippen LogP) is 3.09. The van der Waals surface area contributed by atoms with E-state index in [-0.39, 0.29) is 17.9 Å². The molecular formula is C14H28ClNO2. The molecule has 3 nitrogen and oxygen atoms in total. The first kappa shape index (κ1) is 17.7. The molecule has 1 saturated carbocycles. The second-order valence-electron chi connectivity index (χ2n) is 4.67. The molecule has 0 spiro atoms. The van der Waals surface area contributed by atoms with Gasteiger partial charge in [-0.1, -0.05) is 46.0 Å². The van der Waals surface area contributed by atoms with Crippen LogP contribution >= 0.6 is 11.6 Å². The van der Waals surface area contributed by atoms with Crippen molar-refractivity contribution in [1.82, 2.24) is 5.32 Å². The third-order valence-electron chi connectivity index (χ3n) is 3.25. The van der Waals surface area contributed by atoms with Crippen molar-refractivity contribution < 1.29 is 9.90 Å². The number of aliphatic hydroxyl groups excluding tert-OH is 1. The third kappa shape index (κ3) is 8.76. The number of hydrogen-bond donors (Lipinski definition) is 2. The van der Waals surface area contributed by atoms with E-state index in [0.717, 1.165) is 6.42 Å². The van der Waals surface area contributed by atoms with Crippen molar-refractivity contribution in [3.63, 3.8) is 0 Å². The molecule has 18 heavy (non-hydrogen) atoms. The van der Waals surface area contributed by atoms with Crippen LogP contribution in [0.15, 0.2) is 0 Å². The van der Waals surface area contributed by atoms with Gasteiger partial charge in [0.25, 0.3) is 0 Å². The minimum Gasteiger partial charge on any atom is -0.393 e. The second kappa shape index (κ2) is 11.8. The van der Waals surface area contributed by atoms with Crippen LogP contribution < -0.4 is 5.32 Å². The van der Waals surface area contributed by atoms with Gasteiger partial charge in [0.15, 0.2) is 0 Å². The van der Waals surface area contributed by atoms with Crippen molar-refractivity contribution in [2.24, 2.45) is 5.92 Å². The van der Waals surface area contributed by atoms with Crippen LogP contribution in [0.4, 0.5) is 0 Å². The molecule has 0 aliphatic heterocycles. The molecule has 1 aliphatic carbocycles. The highest BCUT2D eigenvalue weighted by Crippen LogP contribution is 2.27. The Bertz CT molecular complexity index is 206. The van der Waals surface area contributed by atoms with E-state index in [1.807, 2.05) is 13.8 Å². The van der Waals surface area contributed by atoms with E-state index in [9.17, 15) is 9.90 Å². The molecule has 1 unspecified atom stereocenters. The highest BCUT2D eigenvalue weighted by molar-refractivity contribution is 6.27. The summed E-state index contributed by atoms with van der Waals surface area (Å²) in [7, 11) is 0. The van der Waals surface area contributed by atoms with Gasteiger partial charge < -0.3 is 10.4 Å². The van der Waals surface area contributed by atoms with Crippen molar-refractivity contribution in [1.29, 1.82) is 0 Å². The molecule has 0 bridgehead atoms.